The Hall–Kier alpha value is -2.13. The van der Waals surface area contributed by atoms with Gasteiger partial charge < -0.3 is 4.74 Å². The normalized spacial score (nSPS) is 10.2. The van der Waals surface area contributed by atoms with Gasteiger partial charge in [0, 0.05) is 11.1 Å². The van der Waals surface area contributed by atoms with Gasteiger partial charge in [0.1, 0.15) is 12.0 Å². The molecule has 3 nitrogen and oxygen atoms in total. The van der Waals surface area contributed by atoms with Crippen LogP contribution in [0, 0.1) is 0 Å². The molecule has 0 fully saturated rings. The zero-order valence-corrected chi connectivity index (χ0v) is 12.4. The number of hydrogen-bond acceptors (Lipinski definition) is 3. The molecule has 0 spiro atoms. The van der Waals surface area contributed by atoms with Gasteiger partial charge in [-0.1, -0.05) is 42.8 Å². The van der Waals surface area contributed by atoms with Crippen LogP contribution in [0.25, 0.3) is 0 Å². The molecule has 0 unspecified atom stereocenters. The number of rotatable bonds is 6. The third-order valence-corrected chi connectivity index (χ3v) is 3.43. The molecule has 0 aliphatic heterocycles. The molecule has 2 aromatic carbocycles. The van der Waals surface area contributed by atoms with Crippen LogP contribution < -0.4 is 4.74 Å². The van der Waals surface area contributed by atoms with Gasteiger partial charge in [-0.05, 0) is 30.2 Å². The van der Waals surface area contributed by atoms with Gasteiger partial charge in [-0.15, -0.1) is 0 Å². The van der Waals surface area contributed by atoms with Crippen molar-refractivity contribution in [1.82, 2.24) is 0 Å². The molecule has 0 aliphatic carbocycles. The highest BCUT2D eigenvalue weighted by molar-refractivity contribution is 6.32. The zero-order chi connectivity index (χ0) is 15.2. The summed E-state index contributed by atoms with van der Waals surface area (Å²) in [7, 11) is 0. The molecule has 0 aliphatic rings. The average Bonchev–Trinajstić information content (AvgIpc) is 2.53. The highest BCUT2D eigenvalue weighted by atomic mass is 35.5. The first-order chi connectivity index (χ1) is 10.1. The SMILES string of the molecule is CCc1ccc(C(=O)COc2ccc(C=O)cc2Cl)cc1. The van der Waals surface area contributed by atoms with Crippen LogP contribution in [-0.4, -0.2) is 18.7 Å². The van der Waals surface area contributed by atoms with Crippen molar-refractivity contribution >= 4 is 23.7 Å². The van der Waals surface area contributed by atoms with Gasteiger partial charge in [0.2, 0.25) is 0 Å². The number of ketones is 1. The monoisotopic (exact) mass is 302 g/mol. The topological polar surface area (TPSA) is 43.4 Å². The molecular formula is C17H15ClO3. The fraction of sp³-hybridized carbons (Fsp3) is 0.176. The van der Waals surface area contributed by atoms with Crippen LogP contribution >= 0.6 is 11.6 Å². The Balaban J connectivity index is 2.01. The summed E-state index contributed by atoms with van der Waals surface area (Å²) in [4.78, 5) is 22.6. The molecule has 0 N–H and O–H groups in total. The molecule has 2 aromatic rings. The molecule has 108 valence electrons. The van der Waals surface area contributed by atoms with Gasteiger partial charge in [0.25, 0.3) is 0 Å². The van der Waals surface area contributed by atoms with E-state index in [1.807, 2.05) is 12.1 Å². The average molecular weight is 303 g/mol. The third kappa shape index (κ3) is 3.92. The Labute approximate surface area is 128 Å². The number of ether oxygens (including phenoxy) is 1. The number of carbonyl (C=O) groups is 2. The van der Waals surface area contributed by atoms with Crippen LogP contribution in [-0.2, 0) is 6.42 Å². The summed E-state index contributed by atoms with van der Waals surface area (Å²) >= 11 is 5.98. The molecule has 0 bridgehead atoms. The van der Waals surface area contributed by atoms with Crippen molar-refractivity contribution in [3.63, 3.8) is 0 Å². The predicted molar refractivity (Wildman–Crippen MR) is 82.5 cm³/mol. The quantitative estimate of drug-likeness (QED) is 0.599. The summed E-state index contributed by atoms with van der Waals surface area (Å²) in [5, 5.41) is 0.314. The Morgan fingerprint density at radius 3 is 2.48 bits per heavy atom. The lowest BCUT2D eigenvalue weighted by atomic mass is 10.1. The summed E-state index contributed by atoms with van der Waals surface area (Å²) in [6.07, 6.45) is 1.64. The molecule has 4 heteroatoms. The van der Waals surface area contributed by atoms with E-state index in [4.69, 9.17) is 16.3 Å². The lowest BCUT2D eigenvalue weighted by Crippen LogP contribution is -2.11. The van der Waals surface area contributed by atoms with Crippen LogP contribution in [0.4, 0.5) is 0 Å². The molecular weight excluding hydrogens is 288 g/mol. The Bertz CT molecular complexity index is 648. The van der Waals surface area contributed by atoms with Crippen molar-refractivity contribution in [3.05, 3.63) is 64.2 Å². The number of Topliss-reactive ketones (excluding diaryl/α,β-unsaturated/α-hetero) is 1. The first kappa shape index (κ1) is 15.3. The summed E-state index contributed by atoms with van der Waals surface area (Å²) in [6, 6.07) is 12.1. The summed E-state index contributed by atoms with van der Waals surface area (Å²) in [5.41, 5.74) is 2.25. The molecule has 21 heavy (non-hydrogen) atoms. The predicted octanol–water partition coefficient (Wildman–Crippen LogP) is 3.98. The lowest BCUT2D eigenvalue weighted by molar-refractivity contribution is 0.0921. The van der Waals surface area contributed by atoms with Gasteiger partial charge in [-0.3, -0.25) is 9.59 Å². The van der Waals surface area contributed by atoms with Crippen molar-refractivity contribution < 1.29 is 14.3 Å². The molecule has 0 saturated heterocycles. The second-order valence-corrected chi connectivity index (χ2v) is 4.98. The number of benzene rings is 2. The minimum absolute atomic E-state index is 0.0916. The van der Waals surface area contributed by atoms with E-state index in [-0.39, 0.29) is 12.4 Å². The van der Waals surface area contributed by atoms with E-state index in [0.29, 0.717) is 28.2 Å². The summed E-state index contributed by atoms with van der Waals surface area (Å²) in [6.45, 7) is 1.97. The maximum Gasteiger partial charge on any atom is 0.200 e. The molecule has 0 radical (unpaired) electrons. The first-order valence-electron chi connectivity index (χ1n) is 6.63. The Morgan fingerprint density at radius 1 is 1.19 bits per heavy atom. The van der Waals surface area contributed by atoms with Crippen molar-refractivity contribution in [3.8, 4) is 5.75 Å². The second kappa shape index (κ2) is 7.04. The zero-order valence-electron chi connectivity index (χ0n) is 11.6. The molecule has 0 amide bonds. The van der Waals surface area contributed by atoms with E-state index >= 15 is 0 Å². The summed E-state index contributed by atoms with van der Waals surface area (Å²) in [5.74, 6) is 0.272. The van der Waals surface area contributed by atoms with Gasteiger partial charge in [0.05, 0.1) is 5.02 Å². The smallest absolute Gasteiger partial charge is 0.200 e. The van der Waals surface area contributed by atoms with E-state index in [9.17, 15) is 9.59 Å². The van der Waals surface area contributed by atoms with E-state index in [2.05, 4.69) is 6.92 Å². The van der Waals surface area contributed by atoms with Crippen LogP contribution in [0.15, 0.2) is 42.5 Å². The largest absolute Gasteiger partial charge is 0.484 e. The highest BCUT2D eigenvalue weighted by Crippen LogP contribution is 2.25. The van der Waals surface area contributed by atoms with E-state index in [1.54, 1.807) is 24.3 Å². The van der Waals surface area contributed by atoms with Crippen molar-refractivity contribution in [2.75, 3.05) is 6.61 Å². The van der Waals surface area contributed by atoms with Crippen LogP contribution in [0.1, 0.15) is 33.2 Å². The standard InChI is InChI=1S/C17H15ClO3/c1-2-12-3-6-14(7-4-12)16(20)11-21-17-8-5-13(10-19)9-15(17)18/h3-10H,2,11H2,1H3. The Kier molecular flexibility index (Phi) is 5.12. The summed E-state index contributed by atoms with van der Waals surface area (Å²) < 4.78 is 5.41. The van der Waals surface area contributed by atoms with Gasteiger partial charge >= 0.3 is 0 Å². The number of halogens is 1. The van der Waals surface area contributed by atoms with Crippen LogP contribution in [0.2, 0.25) is 5.02 Å². The number of carbonyl (C=O) groups excluding carboxylic acids is 2. The van der Waals surface area contributed by atoms with E-state index in [0.717, 1.165) is 6.42 Å². The minimum Gasteiger partial charge on any atom is -0.484 e. The minimum atomic E-state index is -0.117. The van der Waals surface area contributed by atoms with E-state index in [1.165, 1.54) is 11.6 Å². The fourth-order valence-corrected chi connectivity index (χ4v) is 2.10. The number of hydrogen-bond donors (Lipinski definition) is 0. The lowest BCUT2D eigenvalue weighted by Gasteiger charge is -2.08. The number of aryl methyl sites for hydroxylation is 1. The second-order valence-electron chi connectivity index (χ2n) is 4.57. The molecule has 0 atom stereocenters. The van der Waals surface area contributed by atoms with Crippen molar-refractivity contribution in [2.24, 2.45) is 0 Å². The van der Waals surface area contributed by atoms with Gasteiger partial charge in [-0.2, -0.15) is 0 Å². The molecule has 0 aromatic heterocycles. The maximum atomic E-state index is 12.0. The highest BCUT2D eigenvalue weighted by Gasteiger charge is 2.09. The van der Waals surface area contributed by atoms with Crippen LogP contribution in [0.3, 0.4) is 0 Å². The fourth-order valence-electron chi connectivity index (χ4n) is 1.86. The van der Waals surface area contributed by atoms with Crippen LogP contribution in [0.5, 0.6) is 5.75 Å². The molecule has 2 rings (SSSR count). The molecule has 0 saturated carbocycles. The van der Waals surface area contributed by atoms with Gasteiger partial charge in [-0.25, -0.2) is 0 Å². The maximum absolute atomic E-state index is 12.0. The Morgan fingerprint density at radius 2 is 1.90 bits per heavy atom. The molecule has 0 heterocycles. The van der Waals surface area contributed by atoms with Gasteiger partial charge in [0.15, 0.2) is 12.4 Å². The number of aldehydes is 1. The third-order valence-electron chi connectivity index (χ3n) is 3.13. The van der Waals surface area contributed by atoms with E-state index < -0.39 is 0 Å². The first-order valence-corrected chi connectivity index (χ1v) is 7.01. The van der Waals surface area contributed by atoms with Crippen molar-refractivity contribution in [1.29, 1.82) is 0 Å². The van der Waals surface area contributed by atoms with Crippen molar-refractivity contribution in [2.45, 2.75) is 13.3 Å².